The van der Waals surface area contributed by atoms with Crippen LogP contribution in [0.4, 0.5) is 0 Å². The third kappa shape index (κ3) is 2.01. The van der Waals surface area contributed by atoms with Crippen molar-refractivity contribution in [2.24, 2.45) is 0 Å². The van der Waals surface area contributed by atoms with Gasteiger partial charge in [0.05, 0.1) is 20.0 Å². The number of ether oxygens (including phenoxy) is 3. The Morgan fingerprint density at radius 3 is 2.42 bits per heavy atom. The number of hydrogen-bond acceptors (Lipinski definition) is 4. The Morgan fingerprint density at radius 1 is 1.26 bits per heavy atom. The van der Waals surface area contributed by atoms with Crippen LogP contribution in [0.5, 0.6) is 11.5 Å². The number of fused-ring (bicyclic) bond motifs is 1. The van der Waals surface area contributed by atoms with Gasteiger partial charge in [-0.2, -0.15) is 5.26 Å². The first-order chi connectivity index (χ1) is 9.10. The van der Waals surface area contributed by atoms with Crippen molar-refractivity contribution in [1.82, 2.24) is 0 Å². The molecule has 1 heterocycles. The van der Waals surface area contributed by atoms with E-state index in [1.54, 1.807) is 14.2 Å². The second-order valence-corrected chi connectivity index (χ2v) is 4.44. The number of nitriles is 1. The van der Waals surface area contributed by atoms with Gasteiger partial charge < -0.3 is 14.2 Å². The van der Waals surface area contributed by atoms with Crippen molar-refractivity contribution in [2.45, 2.75) is 25.9 Å². The second-order valence-electron chi connectivity index (χ2n) is 4.44. The minimum Gasteiger partial charge on any atom is -0.493 e. The molecule has 0 fully saturated rings. The number of hydrogen-bond donors (Lipinski definition) is 0. The summed E-state index contributed by atoms with van der Waals surface area (Å²) in [4.78, 5) is 0. The topological polar surface area (TPSA) is 51.5 Å². The van der Waals surface area contributed by atoms with Gasteiger partial charge in [0.15, 0.2) is 11.5 Å². The van der Waals surface area contributed by atoms with E-state index in [1.165, 1.54) is 0 Å². The number of nitrogens with zero attached hydrogens (tertiary/aromatic N) is 1. The molecule has 4 heteroatoms. The van der Waals surface area contributed by atoms with E-state index >= 15 is 0 Å². The molecule has 2 rings (SSSR count). The summed E-state index contributed by atoms with van der Waals surface area (Å²) in [7, 11) is 3.17. The molecule has 0 saturated carbocycles. The Balaban J connectivity index is 2.71. The molecule has 19 heavy (non-hydrogen) atoms. The molecule has 0 bridgehead atoms. The van der Waals surface area contributed by atoms with Gasteiger partial charge in [-0.1, -0.05) is 6.92 Å². The van der Waals surface area contributed by atoms with Gasteiger partial charge >= 0.3 is 0 Å². The Hall–Kier alpha value is -2.15. The van der Waals surface area contributed by atoms with Crippen LogP contribution in [0.2, 0.25) is 0 Å². The second kappa shape index (κ2) is 4.85. The molecule has 1 aliphatic heterocycles. The van der Waals surface area contributed by atoms with E-state index < -0.39 is 5.60 Å². The van der Waals surface area contributed by atoms with Crippen molar-refractivity contribution in [3.8, 4) is 17.6 Å². The zero-order valence-electron chi connectivity index (χ0n) is 11.6. The molecular formula is C15H17NO3. The smallest absolute Gasteiger partial charge is 0.219 e. The number of allylic oxidation sites excluding steroid dienone is 1. The van der Waals surface area contributed by atoms with Crippen LogP contribution in [0.1, 0.15) is 31.4 Å². The van der Waals surface area contributed by atoms with Gasteiger partial charge in [0.25, 0.3) is 0 Å². The van der Waals surface area contributed by atoms with Gasteiger partial charge in [0.2, 0.25) is 5.60 Å². The SMILES string of the molecule is CCC1(C#N)OC(C)=Cc2cc(OC)c(OC)cc21. The molecule has 0 aliphatic carbocycles. The first kappa shape index (κ1) is 13.3. The van der Waals surface area contributed by atoms with Crippen LogP contribution in [0.3, 0.4) is 0 Å². The lowest BCUT2D eigenvalue weighted by atomic mass is 9.86. The Labute approximate surface area is 113 Å². The summed E-state index contributed by atoms with van der Waals surface area (Å²) in [5, 5.41) is 9.52. The first-order valence-electron chi connectivity index (χ1n) is 6.15. The summed E-state index contributed by atoms with van der Waals surface area (Å²) < 4.78 is 16.4. The van der Waals surface area contributed by atoms with E-state index in [0.29, 0.717) is 17.9 Å². The highest BCUT2D eigenvalue weighted by Gasteiger charge is 2.38. The minimum atomic E-state index is -0.951. The zero-order chi connectivity index (χ0) is 14.0. The van der Waals surface area contributed by atoms with Gasteiger partial charge in [0.1, 0.15) is 6.07 Å². The fourth-order valence-corrected chi connectivity index (χ4v) is 2.37. The van der Waals surface area contributed by atoms with Crippen LogP contribution < -0.4 is 9.47 Å². The normalized spacial score (nSPS) is 20.7. The predicted octanol–water partition coefficient (Wildman–Crippen LogP) is 3.22. The van der Waals surface area contributed by atoms with Crippen molar-refractivity contribution in [3.63, 3.8) is 0 Å². The van der Waals surface area contributed by atoms with Crippen LogP contribution in [-0.4, -0.2) is 14.2 Å². The molecule has 1 aromatic rings. The average Bonchev–Trinajstić information content (AvgIpc) is 2.44. The molecule has 1 atom stereocenters. The maximum Gasteiger partial charge on any atom is 0.219 e. The van der Waals surface area contributed by atoms with Gasteiger partial charge in [-0.05, 0) is 30.7 Å². The molecule has 0 amide bonds. The van der Waals surface area contributed by atoms with E-state index in [2.05, 4.69) is 6.07 Å². The van der Waals surface area contributed by atoms with Crippen LogP contribution >= 0.6 is 0 Å². The van der Waals surface area contributed by atoms with E-state index in [-0.39, 0.29) is 0 Å². The number of rotatable bonds is 3. The molecular weight excluding hydrogens is 242 g/mol. The standard InChI is InChI=1S/C15H17NO3/c1-5-15(9-16)12-8-14(18-4)13(17-3)7-11(12)6-10(2)19-15/h6-8H,5H2,1-4H3. The number of benzene rings is 1. The minimum absolute atomic E-state index is 0.567. The summed E-state index contributed by atoms with van der Waals surface area (Å²) in [5.41, 5.74) is 0.804. The lowest BCUT2D eigenvalue weighted by Crippen LogP contribution is -2.30. The highest BCUT2D eigenvalue weighted by atomic mass is 16.5. The van der Waals surface area contributed by atoms with Crippen LogP contribution in [0, 0.1) is 11.3 Å². The molecule has 0 aromatic heterocycles. The van der Waals surface area contributed by atoms with Gasteiger partial charge in [-0.25, -0.2) is 0 Å². The first-order valence-corrected chi connectivity index (χ1v) is 6.15. The van der Waals surface area contributed by atoms with Crippen molar-refractivity contribution < 1.29 is 14.2 Å². The van der Waals surface area contributed by atoms with Crippen LogP contribution in [0.15, 0.2) is 17.9 Å². The van der Waals surface area contributed by atoms with Crippen LogP contribution in [0.25, 0.3) is 6.08 Å². The molecule has 4 nitrogen and oxygen atoms in total. The van der Waals surface area contributed by atoms with Crippen molar-refractivity contribution in [1.29, 1.82) is 5.26 Å². The summed E-state index contributed by atoms with van der Waals surface area (Å²) in [6.45, 7) is 3.78. The largest absolute Gasteiger partial charge is 0.493 e. The summed E-state index contributed by atoms with van der Waals surface area (Å²) >= 11 is 0. The quantitative estimate of drug-likeness (QED) is 0.836. The summed E-state index contributed by atoms with van der Waals surface area (Å²) in [6, 6.07) is 5.98. The van der Waals surface area contributed by atoms with Crippen molar-refractivity contribution in [3.05, 3.63) is 29.0 Å². The van der Waals surface area contributed by atoms with E-state index in [4.69, 9.17) is 14.2 Å². The lowest BCUT2D eigenvalue weighted by Gasteiger charge is -2.33. The molecule has 1 unspecified atom stereocenters. The Morgan fingerprint density at radius 2 is 1.89 bits per heavy atom. The Kier molecular flexibility index (Phi) is 3.39. The van der Waals surface area contributed by atoms with E-state index in [9.17, 15) is 5.26 Å². The maximum absolute atomic E-state index is 9.52. The highest BCUT2D eigenvalue weighted by molar-refractivity contribution is 5.65. The molecule has 0 saturated heterocycles. The maximum atomic E-state index is 9.52. The molecule has 1 aliphatic rings. The third-order valence-corrected chi connectivity index (χ3v) is 3.36. The molecule has 100 valence electrons. The zero-order valence-corrected chi connectivity index (χ0v) is 11.6. The molecule has 1 aromatic carbocycles. The molecule has 0 N–H and O–H groups in total. The van der Waals surface area contributed by atoms with E-state index in [1.807, 2.05) is 32.1 Å². The highest BCUT2D eigenvalue weighted by Crippen LogP contribution is 2.43. The van der Waals surface area contributed by atoms with Gasteiger partial charge in [-0.3, -0.25) is 0 Å². The van der Waals surface area contributed by atoms with Crippen LogP contribution in [-0.2, 0) is 10.3 Å². The average molecular weight is 259 g/mol. The Bertz CT molecular complexity index is 571. The molecule has 0 spiro atoms. The fraction of sp³-hybridized carbons (Fsp3) is 0.400. The monoisotopic (exact) mass is 259 g/mol. The van der Waals surface area contributed by atoms with Crippen molar-refractivity contribution >= 4 is 6.08 Å². The summed E-state index contributed by atoms with van der Waals surface area (Å²) in [5.74, 6) is 1.98. The predicted molar refractivity (Wildman–Crippen MR) is 71.9 cm³/mol. The van der Waals surface area contributed by atoms with Crippen molar-refractivity contribution in [2.75, 3.05) is 14.2 Å². The van der Waals surface area contributed by atoms with Gasteiger partial charge in [0, 0.05) is 12.0 Å². The number of methoxy groups -OCH3 is 2. The fourth-order valence-electron chi connectivity index (χ4n) is 2.37. The molecule has 0 radical (unpaired) electrons. The van der Waals surface area contributed by atoms with E-state index in [0.717, 1.165) is 16.9 Å². The summed E-state index contributed by atoms with van der Waals surface area (Å²) in [6.07, 6.45) is 2.47. The lowest BCUT2D eigenvalue weighted by molar-refractivity contribution is 0.0441. The third-order valence-electron chi connectivity index (χ3n) is 3.36. The van der Waals surface area contributed by atoms with Gasteiger partial charge in [-0.15, -0.1) is 0 Å².